The van der Waals surface area contributed by atoms with E-state index in [4.69, 9.17) is 4.74 Å². The molecule has 0 saturated heterocycles. The standard InChI is InChI=1S/C25H31N3O2/c1-28(18-23-5-3-2-4-6-23)19-24(29)20-30-25-9-7-22(8-10-25)17-27-16-13-21-11-14-26-15-12-21/h2-12,14-15,24,27,29H,13,16-20H2,1H3/t24-/m0/s1. The van der Waals surface area contributed by atoms with Crippen LogP contribution >= 0.6 is 0 Å². The number of hydrogen-bond donors (Lipinski definition) is 2. The summed E-state index contributed by atoms with van der Waals surface area (Å²) < 4.78 is 5.75. The van der Waals surface area contributed by atoms with Gasteiger partial charge in [0.25, 0.3) is 0 Å². The van der Waals surface area contributed by atoms with Gasteiger partial charge in [-0.1, -0.05) is 42.5 Å². The summed E-state index contributed by atoms with van der Waals surface area (Å²) in [5.74, 6) is 0.778. The van der Waals surface area contributed by atoms with E-state index < -0.39 is 6.10 Å². The average molecular weight is 406 g/mol. The quantitative estimate of drug-likeness (QED) is 0.453. The van der Waals surface area contributed by atoms with Gasteiger partial charge < -0.3 is 15.2 Å². The Morgan fingerprint density at radius 3 is 2.40 bits per heavy atom. The van der Waals surface area contributed by atoms with E-state index in [1.807, 2.05) is 61.9 Å². The van der Waals surface area contributed by atoms with Gasteiger partial charge in [-0.2, -0.15) is 0 Å². The predicted octanol–water partition coefficient (Wildman–Crippen LogP) is 3.29. The normalized spacial score (nSPS) is 12.1. The van der Waals surface area contributed by atoms with Gasteiger partial charge in [-0.3, -0.25) is 9.88 Å². The molecule has 0 aliphatic carbocycles. The number of aliphatic hydroxyl groups is 1. The molecule has 0 radical (unpaired) electrons. The van der Waals surface area contributed by atoms with Crippen LogP contribution in [0.25, 0.3) is 0 Å². The Morgan fingerprint density at radius 2 is 1.67 bits per heavy atom. The summed E-state index contributed by atoms with van der Waals surface area (Å²) in [4.78, 5) is 6.14. The van der Waals surface area contributed by atoms with E-state index in [1.54, 1.807) is 0 Å². The molecule has 5 heteroatoms. The molecule has 1 aromatic heterocycles. The van der Waals surface area contributed by atoms with Crippen molar-refractivity contribution in [1.82, 2.24) is 15.2 Å². The summed E-state index contributed by atoms with van der Waals surface area (Å²) in [6, 6.07) is 22.4. The summed E-state index contributed by atoms with van der Waals surface area (Å²) >= 11 is 0. The predicted molar refractivity (Wildman–Crippen MR) is 120 cm³/mol. The maximum atomic E-state index is 10.3. The van der Waals surface area contributed by atoms with Crippen LogP contribution in [0.15, 0.2) is 79.1 Å². The molecule has 0 amide bonds. The highest BCUT2D eigenvalue weighted by Crippen LogP contribution is 2.13. The second kappa shape index (κ2) is 12.1. The molecule has 3 rings (SSSR count). The first kappa shape index (κ1) is 22.0. The smallest absolute Gasteiger partial charge is 0.119 e. The third kappa shape index (κ3) is 7.95. The molecule has 5 nitrogen and oxygen atoms in total. The van der Waals surface area contributed by atoms with Crippen molar-refractivity contribution in [2.24, 2.45) is 0 Å². The highest BCUT2D eigenvalue weighted by Gasteiger charge is 2.10. The zero-order chi connectivity index (χ0) is 21.0. The highest BCUT2D eigenvalue weighted by atomic mass is 16.5. The lowest BCUT2D eigenvalue weighted by molar-refractivity contribution is 0.0744. The average Bonchev–Trinajstić information content (AvgIpc) is 2.77. The molecule has 1 heterocycles. The topological polar surface area (TPSA) is 57.6 Å². The zero-order valence-corrected chi connectivity index (χ0v) is 17.6. The van der Waals surface area contributed by atoms with Crippen LogP contribution in [0.5, 0.6) is 5.75 Å². The van der Waals surface area contributed by atoms with E-state index in [0.29, 0.717) is 6.54 Å². The molecule has 0 aliphatic rings. The molecule has 1 atom stereocenters. The highest BCUT2D eigenvalue weighted by molar-refractivity contribution is 5.27. The van der Waals surface area contributed by atoms with E-state index in [2.05, 4.69) is 39.5 Å². The lowest BCUT2D eigenvalue weighted by atomic mass is 10.2. The van der Waals surface area contributed by atoms with Gasteiger partial charge in [-0.05, 0) is 61.0 Å². The van der Waals surface area contributed by atoms with Gasteiger partial charge in [0.2, 0.25) is 0 Å². The third-order valence-electron chi connectivity index (χ3n) is 4.85. The first-order valence-corrected chi connectivity index (χ1v) is 10.4. The Morgan fingerprint density at radius 1 is 0.933 bits per heavy atom. The number of benzene rings is 2. The summed E-state index contributed by atoms with van der Waals surface area (Å²) in [7, 11) is 2.01. The molecule has 3 aromatic rings. The van der Waals surface area contributed by atoms with Crippen molar-refractivity contribution in [3.8, 4) is 5.75 Å². The van der Waals surface area contributed by atoms with Crippen molar-refractivity contribution in [1.29, 1.82) is 0 Å². The van der Waals surface area contributed by atoms with Crippen LogP contribution in [0.2, 0.25) is 0 Å². The molecule has 0 spiro atoms. The third-order valence-corrected chi connectivity index (χ3v) is 4.85. The molecule has 0 bridgehead atoms. The summed E-state index contributed by atoms with van der Waals surface area (Å²) in [5.41, 5.74) is 3.73. The summed E-state index contributed by atoms with van der Waals surface area (Å²) in [6.45, 7) is 3.39. The van der Waals surface area contributed by atoms with Gasteiger partial charge >= 0.3 is 0 Å². The van der Waals surface area contributed by atoms with E-state index in [1.165, 1.54) is 16.7 Å². The molecule has 158 valence electrons. The fourth-order valence-electron chi connectivity index (χ4n) is 3.28. The minimum Gasteiger partial charge on any atom is -0.491 e. The van der Waals surface area contributed by atoms with Crippen molar-refractivity contribution in [3.63, 3.8) is 0 Å². The number of rotatable bonds is 12. The van der Waals surface area contributed by atoms with Crippen molar-refractivity contribution < 1.29 is 9.84 Å². The van der Waals surface area contributed by atoms with Gasteiger partial charge in [0.15, 0.2) is 0 Å². The Kier molecular flexibility index (Phi) is 8.84. The van der Waals surface area contributed by atoms with Gasteiger partial charge in [0.1, 0.15) is 18.5 Å². The van der Waals surface area contributed by atoms with Crippen LogP contribution in [-0.4, -0.2) is 47.8 Å². The molecule has 2 N–H and O–H groups in total. The van der Waals surface area contributed by atoms with Crippen LogP contribution in [-0.2, 0) is 19.5 Å². The first-order valence-electron chi connectivity index (χ1n) is 10.4. The SMILES string of the molecule is CN(Cc1ccccc1)C[C@H](O)COc1ccc(CNCCc2ccncc2)cc1. The molecular formula is C25H31N3O2. The number of pyridine rings is 1. The second-order valence-corrected chi connectivity index (χ2v) is 7.57. The van der Waals surface area contributed by atoms with Gasteiger partial charge in [-0.15, -0.1) is 0 Å². The lowest BCUT2D eigenvalue weighted by Gasteiger charge is -2.21. The molecule has 30 heavy (non-hydrogen) atoms. The van der Waals surface area contributed by atoms with Crippen molar-refractivity contribution >= 4 is 0 Å². The summed E-state index contributed by atoms with van der Waals surface area (Å²) in [5, 5.41) is 13.7. The minimum absolute atomic E-state index is 0.280. The van der Waals surface area contributed by atoms with Gasteiger partial charge in [-0.25, -0.2) is 0 Å². The van der Waals surface area contributed by atoms with Crippen LogP contribution in [0.4, 0.5) is 0 Å². The first-order chi connectivity index (χ1) is 14.7. The number of nitrogens with zero attached hydrogens (tertiary/aromatic N) is 2. The van der Waals surface area contributed by atoms with E-state index >= 15 is 0 Å². The number of likely N-dealkylation sites (N-methyl/N-ethyl adjacent to an activating group) is 1. The number of ether oxygens (including phenoxy) is 1. The molecule has 0 saturated carbocycles. The molecule has 0 fully saturated rings. The number of hydrogen-bond acceptors (Lipinski definition) is 5. The molecule has 2 aromatic carbocycles. The maximum Gasteiger partial charge on any atom is 0.119 e. The summed E-state index contributed by atoms with van der Waals surface area (Å²) in [6.07, 6.45) is 4.10. The van der Waals surface area contributed by atoms with Gasteiger partial charge in [0.05, 0.1) is 0 Å². The Labute approximate surface area is 179 Å². The van der Waals surface area contributed by atoms with Crippen LogP contribution in [0, 0.1) is 0 Å². The van der Waals surface area contributed by atoms with E-state index in [0.717, 1.165) is 31.8 Å². The van der Waals surface area contributed by atoms with Crippen LogP contribution in [0.1, 0.15) is 16.7 Å². The Bertz CT molecular complexity index is 841. The Hall–Kier alpha value is -2.73. The van der Waals surface area contributed by atoms with Gasteiger partial charge in [0, 0.05) is 32.0 Å². The van der Waals surface area contributed by atoms with E-state index in [9.17, 15) is 5.11 Å². The molecule has 0 unspecified atom stereocenters. The van der Waals surface area contributed by atoms with Crippen molar-refractivity contribution in [2.75, 3.05) is 26.7 Å². The van der Waals surface area contributed by atoms with E-state index in [-0.39, 0.29) is 6.61 Å². The molecular weight excluding hydrogens is 374 g/mol. The minimum atomic E-state index is -0.534. The second-order valence-electron chi connectivity index (χ2n) is 7.57. The number of aromatic nitrogens is 1. The fourth-order valence-corrected chi connectivity index (χ4v) is 3.28. The zero-order valence-electron chi connectivity index (χ0n) is 17.6. The fraction of sp³-hybridized carbons (Fsp3) is 0.320. The number of nitrogens with one attached hydrogen (secondary N) is 1. The largest absolute Gasteiger partial charge is 0.491 e. The monoisotopic (exact) mass is 405 g/mol. The van der Waals surface area contributed by atoms with Crippen LogP contribution in [0.3, 0.4) is 0 Å². The molecule has 0 aliphatic heterocycles. The Balaban J connectivity index is 1.32. The van der Waals surface area contributed by atoms with Crippen LogP contribution < -0.4 is 10.1 Å². The van der Waals surface area contributed by atoms with Crippen molar-refractivity contribution in [3.05, 3.63) is 95.8 Å². The number of aliphatic hydroxyl groups excluding tert-OH is 1. The lowest BCUT2D eigenvalue weighted by Crippen LogP contribution is -2.32. The van der Waals surface area contributed by atoms with Crippen molar-refractivity contribution in [2.45, 2.75) is 25.6 Å². The maximum absolute atomic E-state index is 10.3.